The van der Waals surface area contributed by atoms with Crippen molar-refractivity contribution in [2.45, 2.75) is 11.8 Å². The summed E-state index contributed by atoms with van der Waals surface area (Å²) in [5.74, 6) is -1.16. The molecule has 3 rings (SSSR count). The van der Waals surface area contributed by atoms with Gasteiger partial charge in [-0.05, 0) is 31.2 Å². The third-order valence-corrected chi connectivity index (χ3v) is 6.21. The molecule has 152 valence electrons. The van der Waals surface area contributed by atoms with Gasteiger partial charge in [0, 0.05) is 18.8 Å². The van der Waals surface area contributed by atoms with Crippen molar-refractivity contribution in [3.8, 4) is 6.07 Å². The molecule has 1 aromatic heterocycles. The number of morpholine rings is 1. The summed E-state index contributed by atoms with van der Waals surface area (Å²) in [4.78, 5) is 12.5. The minimum absolute atomic E-state index is 0.0800. The van der Waals surface area contributed by atoms with Crippen LogP contribution in [-0.2, 0) is 19.6 Å². The molecule has 1 amide bonds. The average molecular weight is 418 g/mol. The summed E-state index contributed by atoms with van der Waals surface area (Å²) in [5.41, 5.74) is -0.136. The fourth-order valence-electron chi connectivity index (χ4n) is 2.71. The van der Waals surface area contributed by atoms with Gasteiger partial charge in [-0.3, -0.25) is 4.79 Å². The Balaban J connectivity index is 1.78. The predicted octanol–water partition coefficient (Wildman–Crippen LogP) is 1.44. The smallest absolute Gasteiger partial charge is 0.270 e. The van der Waals surface area contributed by atoms with Crippen molar-refractivity contribution in [2.75, 3.05) is 31.6 Å². The highest BCUT2D eigenvalue weighted by Crippen LogP contribution is 2.22. The number of nitrogens with one attached hydrogen (secondary N) is 1. The maximum atomic E-state index is 12.6. The van der Waals surface area contributed by atoms with Crippen LogP contribution in [0.5, 0.6) is 0 Å². The van der Waals surface area contributed by atoms with Crippen LogP contribution in [0.25, 0.3) is 5.76 Å². The van der Waals surface area contributed by atoms with Crippen LogP contribution in [0, 0.1) is 18.3 Å². The summed E-state index contributed by atoms with van der Waals surface area (Å²) in [6.07, 6.45) is 1.20. The molecule has 0 unspecified atom stereocenters. The Labute approximate surface area is 167 Å². The molecule has 0 atom stereocenters. The fourth-order valence-corrected chi connectivity index (χ4v) is 4.12. The number of carbonyl (C=O) groups is 1. The molecule has 1 aromatic carbocycles. The van der Waals surface area contributed by atoms with Crippen LogP contribution in [0.3, 0.4) is 0 Å². The lowest BCUT2D eigenvalue weighted by molar-refractivity contribution is -0.112. The molecule has 0 saturated carbocycles. The van der Waals surface area contributed by atoms with Crippen molar-refractivity contribution in [3.05, 3.63) is 47.4 Å². The van der Waals surface area contributed by atoms with E-state index in [9.17, 15) is 23.6 Å². The summed E-state index contributed by atoms with van der Waals surface area (Å²) in [5, 5.41) is 25.4. The van der Waals surface area contributed by atoms with Crippen molar-refractivity contribution < 1.29 is 27.6 Å². The molecule has 2 aromatic rings. The number of carbonyl (C=O) groups excluding carboxylic acids is 1. The Morgan fingerprint density at radius 1 is 1.28 bits per heavy atom. The molecule has 10 nitrogen and oxygen atoms in total. The Bertz CT molecular complexity index is 1080. The second-order valence-electron chi connectivity index (χ2n) is 6.13. The molecular formula is C18H18N4O6S. The number of aliphatic hydroxyl groups is 1. The normalized spacial score (nSPS) is 16.0. The number of rotatable bonds is 5. The predicted molar refractivity (Wildman–Crippen MR) is 101 cm³/mol. The number of nitriles is 1. The Morgan fingerprint density at radius 2 is 1.93 bits per heavy atom. The molecule has 29 heavy (non-hydrogen) atoms. The first-order chi connectivity index (χ1) is 13.8. The van der Waals surface area contributed by atoms with E-state index in [4.69, 9.17) is 9.26 Å². The fraction of sp³-hybridized carbons (Fsp3) is 0.278. The molecule has 2 N–H and O–H groups in total. The van der Waals surface area contributed by atoms with Gasteiger partial charge in [-0.15, -0.1) is 0 Å². The number of nitrogens with zero attached hydrogens (tertiary/aromatic N) is 3. The molecule has 1 aliphatic heterocycles. The van der Waals surface area contributed by atoms with E-state index in [0.29, 0.717) is 13.2 Å². The largest absolute Gasteiger partial charge is 0.506 e. The Kier molecular flexibility index (Phi) is 5.97. The minimum Gasteiger partial charge on any atom is -0.506 e. The number of anilines is 1. The molecule has 0 spiro atoms. The van der Waals surface area contributed by atoms with E-state index in [1.54, 1.807) is 6.07 Å². The summed E-state index contributed by atoms with van der Waals surface area (Å²) in [6.45, 7) is 2.76. The topological polar surface area (TPSA) is 146 Å². The SMILES string of the molecule is Cc1oncc1/C(O)=C(\C#N)C(=O)Nc1ccc(S(=O)(=O)N2CCOCC2)cc1. The van der Waals surface area contributed by atoms with Crippen molar-refractivity contribution in [1.29, 1.82) is 5.26 Å². The van der Waals surface area contributed by atoms with Crippen LogP contribution in [0.2, 0.25) is 0 Å². The van der Waals surface area contributed by atoms with Crippen LogP contribution in [0.4, 0.5) is 5.69 Å². The lowest BCUT2D eigenvalue weighted by Gasteiger charge is -2.26. The second kappa shape index (κ2) is 8.44. The number of ether oxygens (including phenoxy) is 1. The third kappa shape index (κ3) is 4.29. The molecule has 0 bridgehead atoms. The quantitative estimate of drug-likeness (QED) is 0.421. The number of hydrogen-bond acceptors (Lipinski definition) is 8. The van der Waals surface area contributed by atoms with E-state index in [0.717, 1.165) is 0 Å². The zero-order chi connectivity index (χ0) is 21.0. The number of sulfonamides is 1. The van der Waals surface area contributed by atoms with Gasteiger partial charge in [-0.25, -0.2) is 8.42 Å². The van der Waals surface area contributed by atoms with E-state index < -0.39 is 27.3 Å². The van der Waals surface area contributed by atoms with Gasteiger partial charge in [0.1, 0.15) is 11.8 Å². The van der Waals surface area contributed by atoms with E-state index >= 15 is 0 Å². The Hall–Kier alpha value is -3.20. The van der Waals surface area contributed by atoms with Gasteiger partial charge in [0.15, 0.2) is 11.3 Å². The van der Waals surface area contributed by atoms with Crippen LogP contribution in [0.1, 0.15) is 11.3 Å². The lowest BCUT2D eigenvalue weighted by Crippen LogP contribution is -2.40. The highest BCUT2D eigenvalue weighted by molar-refractivity contribution is 7.89. The van der Waals surface area contributed by atoms with Gasteiger partial charge in [-0.1, -0.05) is 5.16 Å². The molecule has 1 saturated heterocycles. The molecule has 0 aliphatic carbocycles. The van der Waals surface area contributed by atoms with Crippen LogP contribution >= 0.6 is 0 Å². The van der Waals surface area contributed by atoms with Gasteiger partial charge >= 0.3 is 0 Å². The van der Waals surface area contributed by atoms with E-state index in [1.165, 1.54) is 41.7 Å². The molecule has 2 heterocycles. The summed E-state index contributed by atoms with van der Waals surface area (Å²) >= 11 is 0. The lowest BCUT2D eigenvalue weighted by atomic mass is 10.1. The van der Waals surface area contributed by atoms with Gasteiger partial charge < -0.3 is 19.7 Å². The number of aryl methyl sites for hydroxylation is 1. The number of aromatic nitrogens is 1. The highest BCUT2D eigenvalue weighted by Gasteiger charge is 2.26. The summed E-state index contributed by atoms with van der Waals surface area (Å²) < 4.78 is 36.5. The van der Waals surface area contributed by atoms with Gasteiger partial charge in [0.05, 0.1) is 29.9 Å². The van der Waals surface area contributed by atoms with Crippen molar-refractivity contribution in [3.63, 3.8) is 0 Å². The number of hydrogen-bond donors (Lipinski definition) is 2. The Morgan fingerprint density at radius 3 is 2.48 bits per heavy atom. The number of aliphatic hydroxyl groups excluding tert-OH is 1. The molecule has 1 aliphatic rings. The van der Waals surface area contributed by atoms with Crippen LogP contribution in [-0.4, -0.2) is 55.2 Å². The van der Waals surface area contributed by atoms with E-state index in [1.807, 2.05) is 0 Å². The average Bonchev–Trinajstić information content (AvgIpc) is 3.15. The van der Waals surface area contributed by atoms with Crippen molar-refractivity contribution in [1.82, 2.24) is 9.46 Å². The first-order valence-electron chi connectivity index (χ1n) is 8.59. The molecule has 1 fully saturated rings. The summed E-state index contributed by atoms with van der Waals surface area (Å²) in [6, 6.07) is 7.18. The minimum atomic E-state index is -3.65. The standard InChI is InChI=1S/C18H18N4O6S/c1-12-16(11-20-28-12)17(23)15(10-19)18(24)21-13-2-4-14(5-3-13)29(25,26)22-6-8-27-9-7-22/h2-5,11,23H,6-9H2,1H3,(H,21,24)/b17-15-. The first kappa shape index (κ1) is 20.5. The zero-order valence-electron chi connectivity index (χ0n) is 15.5. The van der Waals surface area contributed by atoms with Crippen LogP contribution < -0.4 is 5.32 Å². The molecular weight excluding hydrogens is 400 g/mol. The monoisotopic (exact) mass is 418 g/mol. The van der Waals surface area contributed by atoms with Gasteiger partial charge in [-0.2, -0.15) is 9.57 Å². The van der Waals surface area contributed by atoms with Gasteiger partial charge in [0.2, 0.25) is 10.0 Å². The zero-order valence-corrected chi connectivity index (χ0v) is 16.3. The van der Waals surface area contributed by atoms with E-state index in [2.05, 4.69) is 10.5 Å². The molecule has 11 heteroatoms. The van der Waals surface area contributed by atoms with Gasteiger partial charge in [0.25, 0.3) is 5.91 Å². The van der Waals surface area contributed by atoms with Crippen molar-refractivity contribution in [2.24, 2.45) is 0 Å². The highest BCUT2D eigenvalue weighted by atomic mass is 32.2. The first-order valence-corrected chi connectivity index (χ1v) is 10.0. The second-order valence-corrected chi connectivity index (χ2v) is 8.06. The number of amides is 1. The third-order valence-electron chi connectivity index (χ3n) is 4.30. The maximum absolute atomic E-state index is 12.6. The van der Waals surface area contributed by atoms with E-state index in [-0.39, 0.29) is 35.0 Å². The maximum Gasteiger partial charge on any atom is 0.270 e. The summed E-state index contributed by atoms with van der Waals surface area (Å²) in [7, 11) is -3.65. The number of benzene rings is 1. The molecule has 0 radical (unpaired) electrons. The van der Waals surface area contributed by atoms with Crippen molar-refractivity contribution >= 4 is 27.4 Å². The van der Waals surface area contributed by atoms with Crippen LogP contribution in [0.15, 0.2) is 45.5 Å².